The summed E-state index contributed by atoms with van der Waals surface area (Å²) >= 11 is 0. The summed E-state index contributed by atoms with van der Waals surface area (Å²) < 4.78 is 5.72. The molecular formula is C20H18O4. The molecule has 1 N–H and O–H groups in total. The smallest absolute Gasteiger partial charge is 0.208 e. The van der Waals surface area contributed by atoms with E-state index in [0.717, 1.165) is 0 Å². The van der Waals surface area contributed by atoms with Crippen molar-refractivity contribution in [2.45, 2.75) is 18.4 Å². The number of rotatable bonds is 3. The standard InChI is InChI=1S/C20H18O4/c1-13-17(21)18(22)16(14-9-5-3-6-10-14)20(24-2,19(13)23)15-11-7-4-8-12-15/h3-12,16,21H,1-2H3. The molecule has 0 radical (unpaired) electrons. The summed E-state index contributed by atoms with van der Waals surface area (Å²) in [7, 11) is 1.42. The van der Waals surface area contributed by atoms with Crippen LogP contribution in [-0.2, 0) is 19.9 Å². The van der Waals surface area contributed by atoms with E-state index in [1.54, 1.807) is 48.5 Å². The lowest BCUT2D eigenvalue weighted by Gasteiger charge is -2.41. The maximum absolute atomic E-state index is 13.1. The van der Waals surface area contributed by atoms with E-state index in [1.807, 2.05) is 12.1 Å². The molecule has 4 heteroatoms. The van der Waals surface area contributed by atoms with Crippen molar-refractivity contribution in [3.63, 3.8) is 0 Å². The van der Waals surface area contributed by atoms with Crippen molar-refractivity contribution in [3.8, 4) is 0 Å². The molecule has 1 aliphatic rings. The second kappa shape index (κ2) is 6.06. The van der Waals surface area contributed by atoms with Gasteiger partial charge in [0, 0.05) is 12.7 Å². The van der Waals surface area contributed by atoms with Crippen molar-refractivity contribution in [3.05, 3.63) is 83.1 Å². The third-order valence-corrected chi connectivity index (χ3v) is 4.59. The quantitative estimate of drug-likeness (QED) is 0.942. The molecule has 2 aromatic carbocycles. The van der Waals surface area contributed by atoms with Crippen LogP contribution in [0.3, 0.4) is 0 Å². The van der Waals surface area contributed by atoms with E-state index < -0.39 is 28.8 Å². The SMILES string of the molecule is COC1(c2ccccc2)C(=O)C(C)=C(O)C(=O)C1c1ccccc1. The number of methoxy groups -OCH3 is 1. The third-order valence-electron chi connectivity index (χ3n) is 4.59. The predicted octanol–water partition coefficient (Wildman–Crippen LogP) is 3.30. The summed E-state index contributed by atoms with van der Waals surface area (Å²) in [6.07, 6.45) is 0. The van der Waals surface area contributed by atoms with Crippen molar-refractivity contribution < 1.29 is 19.4 Å². The lowest BCUT2D eigenvalue weighted by molar-refractivity contribution is -0.150. The number of Topliss-reactive ketones (excluding diaryl/α,β-unsaturated/α-hetero) is 2. The summed E-state index contributed by atoms with van der Waals surface area (Å²) in [5.41, 5.74) is -0.249. The maximum atomic E-state index is 13.1. The topological polar surface area (TPSA) is 63.6 Å². The van der Waals surface area contributed by atoms with E-state index >= 15 is 0 Å². The summed E-state index contributed by atoms with van der Waals surface area (Å²) in [5, 5.41) is 10.2. The van der Waals surface area contributed by atoms with Crippen molar-refractivity contribution in [2.24, 2.45) is 0 Å². The van der Waals surface area contributed by atoms with Crippen LogP contribution >= 0.6 is 0 Å². The van der Waals surface area contributed by atoms with Crippen LogP contribution in [0, 0.1) is 0 Å². The van der Waals surface area contributed by atoms with Gasteiger partial charge in [-0.25, -0.2) is 0 Å². The van der Waals surface area contributed by atoms with E-state index in [-0.39, 0.29) is 5.57 Å². The van der Waals surface area contributed by atoms with Gasteiger partial charge in [-0.2, -0.15) is 0 Å². The highest BCUT2D eigenvalue weighted by atomic mass is 16.5. The van der Waals surface area contributed by atoms with E-state index in [4.69, 9.17) is 4.74 Å². The minimum atomic E-state index is -1.49. The molecule has 0 amide bonds. The van der Waals surface area contributed by atoms with Gasteiger partial charge in [0.05, 0.1) is 5.92 Å². The molecule has 0 heterocycles. The van der Waals surface area contributed by atoms with Crippen molar-refractivity contribution >= 4 is 11.6 Å². The number of allylic oxidation sites excluding steroid dienone is 1. The number of hydrogen-bond donors (Lipinski definition) is 1. The Bertz CT molecular complexity index is 808. The fourth-order valence-corrected chi connectivity index (χ4v) is 3.37. The van der Waals surface area contributed by atoms with Gasteiger partial charge in [-0.05, 0) is 18.1 Å². The number of ether oxygens (including phenoxy) is 1. The number of ketones is 2. The number of carbonyl (C=O) groups is 2. The van der Waals surface area contributed by atoms with Gasteiger partial charge >= 0.3 is 0 Å². The molecule has 122 valence electrons. The van der Waals surface area contributed by atoms with Crippen LogP contribution in [0.2, 0.25) is 0 Å². The van der Waals surface area contributed by atoms with Crippen molar-refractivity contribution in [2.75, 3.05) is 7.11 Å². The van der Waals surface area contributed by atoms with E-state index in [1.165, 1.54) is 14.0 Å². The van der Waals surface area contributed by atoms with E-state index in [0.29, 0.717) is 11.1 Å². The second-order valence-corrected chi connectivity index (χ2v) is 5.82. The van der Waals surface area contributed by atoms with Gasteiger partial charge in [0.25, 0.3) is 0 Å². The molecule has 0 bridgehead atoms. The minimum Gasteiger partial charge on any atom is -0.504 e. The molecule has 2 unspecified atom stereocenters. The van der Waals surface area contributed by atoms with Crippen LogP contribution < -0.4 is 0 Å². The van der Waals surface area contributed by atoms with Crippen molar-refractivity contribution in [1.82, 2.24) is 0 Å². The fraction of sp³-hybridized carbons (Fsp3) is 0.200. The highest BCUT2D eigenvalue weighted by Gasteiger charge is 2.56. The third kappa shape index (κ3) is 2.19. The Kier molecular flexibility index (Phi) is 4.08. The van der Waals surface area contributed by atoms with Gasteiger partial charge in [-0.15, -0.1) is 0 Å². The highest BCUT2D eigenvalue weighted by Crippen LogP contribution is 2.47. The Morgan fingerprint density at radius 1 is 0.958 bits per heavy atom. The molecule has 0 spiro atoms. The Hall–Kier alpha value is -2.72. The number of hydrogen-bond acceptors (Lipinski definition) is 4. The number of carbonyl (C=O) groups excluding carboxylic acids is 2. The van der Waals surface area contributed by atoms with Crippen LogP contribution in [0.5, 0.6) is 0 Å². The Balaban J connectivity index is 2.34. The van der Waals surface area contributed by atoms with Crippen LogP contribution in [-0.4, -0.2) is 23.8 Å². The summed E-state index contributed by atoms with van der Waals surface area (Å²) in [6, 6.07) is 17.9. The van der Waals surface area contributed by atoms with Gasteiger partial charge in [-0.3, -0.25) is 9.59 Å². The molecule has 24 heavy (non-hydrogen) atoms. The van der Waals surface area contributed by atoms with Crippen LogP contribution in [0.15, 0.2) is 72.0 Å². The average Bonchev–Trinajstić information content (AvgIpc) is 2.64. The zero-order valence-corrected chi connectivity index (χ0v) is 13.5. The lowest BCUT2D eigenvalue weighted by atomic mass is 9.67. The molecule has 2 aromatic rings. The molecule has 0 saturated carbocycles. The van der Waals surface area contributed by atoms with Gasteiger partial charge in [0.15, 0.2) is 17.1 Å². The minimum absolute atomic E-state index is 0.0258. The van der Waals surface area contributed by atoms with Gasteiger partial charge in [0.1, 0.15) is 0 Å². The monoisotopic (exact) mass is 322 g/mol. The van der Waals surface area contributed by atoms with Gasteiger partial charge in [0.2, 0.25) is 5.78 Å². The van der Waals surface area contributed by atoms with Crippen LogP contribution in [0.1, 0.15) is 24.0 Å². The van der Waals surface area contributed by atoms with Gasteiger partial charge < -0.3 is 9.84 Å². The first-order chi connectivity index (χ1) is 11.5. The maximum Gasteiger partial charge on any atom is 0.208 e. The number of aliphatic hydroxyl groups is 1. The average molecular weight is 322 g/mol. The van der Waals surface area contributed by atoms with Crippen molar-refractivity contribution in [1.29, 1.82) is 0 Å². The summed E-state index contributed by atoms with van der Waals surface area (Å²) in [4.78, 5) is 26.0. The molecule has 0 aromatic heterocycles. The van der Waals surface area contributed by atoms with Gasteiger partial charge in [-0.1, -0.05) is 60.7 Å². The first kappa shape index (κ1) is 16.1. The Morgan fingerprint density at radius 3 is 2.04 bits per heavy atom. The molecular weight excluding hydrogens is 304 g/mol. The molecule has 0 fully saturated rings. The summed E-state index contributed by atoms with van der Waals surface area (Å²) in [6.45, 7) is 1.45. The van der Waals surface area contributed by atoms with Crippen LogP contribution in [0.4, 0.5) is 0 Å². The molecule has 3 rings (SSSR count). The predicted molar refractivity (Wildman–Crippen MR) is 89.7 cm³/mol. The molecule has 1 aliphatic carbocycles. The fourth-order valence-electron chi connectivity index (χ4n) is 3.37. The largest absolute Gasteiger partial charge is 0.504 e. The van der Waals surface area contributed by atoms with E-state index in [2.05, 4.69) is 0 Å². The Morgan fingerprint density at radius 2 is 1.50 bits per heavy atom. The number of benzene rings is 2. The zero-order chi connectivity index (χ0) is 17.3. The normalized spacial score (nSPS) is 24.3. The second-order valence-electron chi connectivity index (χ2n) is 5.82. The molecule has 4 nitrogen and oxygen atoms in total. The number of aliphatic hydroxyl groups excluding tert-OH is 1. The first-order valence-electron chi connectivity index (χ1n) is 7.68. The summed E-state index contributed by atoms with van der Waals surface area (Å²) in [5.74, 6) is -2.34. The lowest BCUT2D eigenvalue weighted by Crippen LogP contribution is -2.51. The highest BCUT2D eigenvalue weighted by molar-refractivity contribution is 6.17. The van der Waals surface area contributed by atoms with E-state index in [9.17, 15) is 14.7 Å². The van der Waals surface area contributed by atoms with Crippen LogP contribution in [0.25, 0.3) is 0 Å². The molecule has 2 atom stereocenters. The first-order valence-corrected chi connectivity index (χ1v) is 7.68. The molecule has 0 aliphatic heterocycles. The molecule has 0 saturated heterocycles. The zero-order valence-electron chi connectivity index (χ0n) is 13.5. The Labute approximate surface area is 140 Å².